The zero-order valence-corrected chi connectivity index (χ0v) is 10.4. The van der Waals surface area contributed by atoms with Crippen molar-refractivity contribution < 1.29 is 0 Å². The summed E-state index contributed by atoms with van der Waals surface area (Å²) < 4.78 is 0. The van der Waals surface area contributed by atoms with E-state index in [4.69, 9.17) is 0 Å². The Morgan fingerprint density at radius 3 is 3.17 bits per heavy atom. The van der Waals surface area contributed by atoms with Crippen molar-refractivity contribution in [3.05, 3.63) is 47.5 Å². The van der Waals surface area contributed by atoms with Crippen LogP contribution in [-0.2, 0) is 12.8 Å². The summed E-state index contributed by atoms with van der Waals surface area (Å²) in [6.45, 7) is 0.939. The smallest absolute Gasteiger partial charge is 0.137 e. The first-order chi connectivity index (χ1) is 8.93. The zero-order chi connectivity index (χ0) is 12.2. The quantitative estimate of drug-likeness (QED) is 0.862. The van der Waals surface area contributed by atoms with Crippen LogP contribution in [0.15, 0.2) is 30.6 Å². The average Bonchev–Trinajstić information content (AvgIpc) is 2.92. The van der Waals surface area contributed by atoms with E-state index in [1.54, 1.807) is 6.33 Å². The molecule has 0 saturated carbocycles. The maximum absolute atomic E-state index is 4.14. The average molecular weight is 242 g/mol. The molecule has 0 saturated heterocycles. The number of nitrogens with zero attached hydrogens (tertiary/aromatic N) is 2. The van der Waals surface area contributed by atoms with Gasteiger partial charge in [-0.1, -0.05) is 24.3 Å². The van der Waals surface area contributed by atoms with E-state index in [1.165, 1.54) is 30.4 Å². The summed E-state index contributed by atoms with van der Waals surface area (Å²) in [7, 11) is 0. The van der Waals surface area contributed by atoms with Crippen molar-refractivity contribution >= 4 is 0 Å². The fourth-order valence-electron chi connectivity index (χ4n) is 2.68. The summed E-state index contributed by atoms with van der Waals surface area (Å²) in [4.78, 5) is 4.14. The first kappa shape index (κ1) is 11.4. The van der Waals surface area contributed by atoms with Crippen LogP contribution in [0.3, 0.4) is 0 Å². The number of H-pyrrole nitrogens is 1. The highest BCUT2D eigenvalue weighted by molar-refractivity contribution is 5.32. The van der Waals surface area contributed by atoms with Gasteiger partial charge in [0, 0.05) is 19.0 Å². The van der Waals surface area contributed by atoms with Crippen LogP contribution in [0, 0.1) is 0 Å². The number of rotatable bonds is 4. The first-order valence-corrected chi connectivity index (χ1v) is 6.59. The molecule has 94 valence electrons. The van der Waals surface area contributed by atoms with Gasteiger partial charge in [-0.3, -0.25) is 5.10 Å². The molecule has 4 heteroatoms. The molecule has 3 rings (SSSR count). The second kappa shape index (κ2) is 5.31. The highest BCUT2D eigenvalue weighted by Crippen LogP contribution is 2.29. The summed E-state index contributed by atoms with van der Waals surface area (Å²) in [5.41, 5.74) is 2.97. The Kier molecular flexibility index (Phi) is 3.37. The fraction of sp³-hybridized carbons (Fsp3) is 0.429. The molecule has 0 spiro atoms. The molecular weight excluding hydrogens is 224 g/mol. The van der Waals surface area contributed by atoms with E-state index >= 15 is 0 Å². The highest BCUT2D eigenvalue weighted by Gasteiger charge is 2.18. The summed E-state index contributed by atoms with van der Waals surface area (Å²) in [6, 6.07) is 9.27. The van der Waals surface area contributed by atoms with Crippen molar-refractivity contribution in [3.63, 3.8) is 0 Å². The summed E-state index contributed by atoms with van der Waals surface area (Å²) in [5.74, 6) is 0.951. The molecule has 4 nitrogen and oxygen atoms in total. The molecule has 0 amide bonds. The molecule has 1 atom stereocenters. The third kappa shape index (κ3) is 2.43. The van der Waals surface area contributed by atoms with E-state index in [-0.39, 0.29) is 0 Å². The van der Waals surface area contributed by atoms with E-state index in [0.717, 1.165) is 18.8 Å². The van der Waals surface area contributed by atoms with Crippen molar-refractivity contribution in [1.82, 2.24) is 20.5 Å². The van der Waals surface area contributed by atoms with E-state index in [9.17, 15) is 0 Å². The third-order valence-corrected chi connectivity index (χ3v) is 3.59. The Hall–Kier alpha value is -1.68. The lowest BCUT2D eigenvalue weighted by molar-refractivity contribution is 0.461. The standard InChI is InChI=1S/C14H18N4/c1-2-6-12-11(4-1)5-3-7-13(12)15-9-8-14-16-10-17-18-14/h1-2,4,6,10,13,15H,3,5,7-9H2,(H,16,17,18). The zero-order valence-electron chi connectivity index (χ0n) is 10.4. The van der Waals surface area contributed by atoms with Crippen LogP contribution in [0.25, 0.3) is 0 Å². The van der Waals surface area contributed by atoms with Gasteiger partial charge in [-0.05, 0) is 30.4 Å². The molecule has 1 aromatic heterocycles. The van der Waals surface area contributed by atoms with Gasteiger partial charge >= 0.3 is 0 Å². The van der Waals surface area contributed by atoms with Crippen LogP contribution in [0.1, 0.15) is 35.8 Å². The fourth-order valence-corrected chi connectivity index (χ4v) is 2.68. The molecular formula is C14H18N4. The number of nitrogens with one attached hydrogen (secondary N) is 2. The Labute approximate surface area is 107 Å². The number of aryl methyl sites for hydroxylation is 1. The van der Waals surface area contributed by atoms with Crippen molar-refractivity contribution in [2.75, 3.05) is 6.54 Å². The molecule has 0 fully saturated rings. The van der Waals surface area contributed by atoms with Crippen LogP contribution >= 0.6 is 0 Å². The monoisotopic (exact) mass is 242 g/mol. The number of aromatic nitrogens is 3. The molecule has 1 unspecified atom stereocenters. The third-order valence-electron chi connectivity index (χ3n) is 3.59. The van der Waals surface area contributed by atoms with Gasteiger partial charge in [0.25, 0.3) is 0 Å². The van der Waals surface area contributed by atoms with Gasteiger partial charge < -0.3 is 5.32 Å². The number of hydrogen-bond acceptors (Lipinski definition) is 3. The molecule has 2 aromatic rings. The minimum absolute atomic E-state index is 0.498. The van der Waals surface area contributed by atoms with Crippen LogP contribution in [-0.4, -0.2) is 21.7 Å². The molecule has 0 radical (unpaired) electrons. The van der Waals surface area contributed by atoms with Crippen LogP contribution in [0.5, 0.6) is 0 Å². The molecule has 0 bridgehead atoms. The van der Waals surface area contributed by atoms with Crippen molar-refractivity contribution in [1.29, 1.82) is 0 Å². The summed E-state index contributed by atoms with van der Waals surface area (Å²) in [6.07, 6.45) is 6.19. The van der Waals surface area contributed by atoms with Gasteiger partial charge in [0.1, 0.15) is 12.2 Å². The molecule has 1 aliphatic rings. The Bertz CT molecular complexity index is 492. The van der Waals surface area contributed by atoms with Gasteiger partial charge in [0.2, 0.25) is 0 Å². The summed E-state index contributed by atoms with van der Waals surface area (Å²) in [5, 5.41) is 10.4. The molecule has 1 aromatic carbocycles. The SMILES string of the molecule is c1ccc2c(c1)CCCC2NCCc1ncn[nH]1. The number of hydrogen-bond donors (Lipinski definition) is 2. The lowest BCUT2D eigenvalue weighted by Crippen LogP contribution is -2.27. The molecule has 1 heterocycles. The van der Waals surface area contributed by atoms with Gasteiger partial charge in [-0.25, -0.2) is 4.98 Å². The number of fused-ring (bicyclic) bond motifs is 1. The summed E-state index contributed by atoms with van der Waals surface area (Å²) >= 11 is 0. The van der Waals surface area contributed by atoms with Crippen molar-refractivity contribution in [2.24, 2.45) is 0 Å². The highest BCUT2D eigenvalue weighted by atomic mass is 15.2. The normalized spacial score (nSPS) is 18.6. The van der Waals surface area contributed by atoms with E-state index in [0.29, 0.717) is 6.04 Å². The van der Waals surface area contributed by atoms with Crippen molar-refractivity contribution in [3.8, 4) is 0 Å². The second-order valence-electron chi connectivity index (χ2n) is 4.78. The van der Waals surface area contributed by atoms with E-state index < -0.39 is 0 Å². The number of aromatic amines is 1. The molecule has 18 heavy (non-hydrogen) atoms. The Morgan fingerprint density at radius 2 is 2.28 bits per heavy atom. The Morgan fingerprint density at radius 1 is 1.33 bits per heavy atom. The maximum Gasteiger partial charge on any atom is 0.137 e. The second-order valence-corrected chi connectivity index (χ2v) is 4.78. The minimum Gasteiger partial charge on any atom is -0.309 e. The van der Waals surface area contributed by atoms with Gasteiger partial charge in [0.15, 0.2) is 0 Å². The largest absolute Gasteiger partial charge is 0.309 e. The topological polar surface area (TPSA) is 53.6 Å². The van der Waals surface area contributed by atoms with Crippen molar-refractivity contribution in [2.45, 2.75) is 31.7 Å². The Balaban J connectivity index is 1.60. The maximum atomic E-state index is 4.14. The molecule has 1 aliphatic carbocycles. The van der Waals surface area contributed by atoms with Crippen LogP contribution < -0.4 is 5.32 Å². The lowest BCUT2D eigenvalue weighted by atomic mass is 9.88. The lowest BCUT2D eigenvalue weighted by Gasteiger charge is -2.26. The van der Waals surface area contributed by atoms with Crippen LogP contribution in [0.2, 0.25) is 0 Å². The van der Waals surface area contributed by atoms with E-state index in [2.05, 4.69) is 44.8 Å². The van der Waals surface area contributed by atoms with Gasteiger partial charge in [-0.15, -0.1) is 0 Å². The minimum atomic E-state index is 0.498. The predicted octanol–water partition coefficient (Wildman–Crippen LogP) is 2.01. The van der Waals surface area contributed by atoms with Gasteiger partial charge in [-0.2, -0.15) is 5.10 Å². The van der Waals surface area contributed by atoms with E-state index in [1.807, 2.05) is 0 Å². The molecule has 2 N–H and O–H groups in total. The molecule has 0 aliphatic heterocycles. The van der Waals surface area contributed by atoms with Gasteiger partial charge in [0.05, 0.1) is 0 Å². The number of benzene rings is 1. The predicted molar refractivity (Wildman–Crippen MR) is 70.2 cm³/mol. The van der Waals surface area contributed by atoms with Crippen LogP contribution in [0.4, 0.5) is 0 Å². The first-order valence-electron chi connectivity index (χ1n) is 6.59.